The molecule has 0 aliphatic heterocycles. The van der Waals surface area contributed by atoms with Gasteiger partial charge in [-0.25, -0.2) is 0 Å². The summed E-state index contributed by atoms with van der Waals surface area (Å²) in [5.41, 5.74) is 0.369. The molecule has 1 unspecified atom stereocenters. The van der Waals surface area contributed by atoms with Crippen LogP contribution in [0.1, 0.15) is 38.3 Å². The maximum Gasteiger partial charge on any atom is 0.311 e. The molecule has 1 saturated carbocycles. The molecule has 0 bridgehead atoms. The molecule has 2 rings (SSSR count). The van der Waals surface area contributed by atoms with Crippen LogP contribution in [0.15, 0.2) is 24.3 Å². The Bertz CT molecular complexity index is 449. The smallest absolute Gasteiger partial charge is 0.311 e. The van der Waals surface area contributed by atoms with Gasteiger partial charge in [0, 0.05) is 6.04 Å². The van der Waals surface area contributed by atoms with Gasteiger partial charge in [0.2, 0.25) is 0 Å². The van der Waals surface area contributed by atoms with E-state index in [1.54, 1.807) is 0 Å². The van der Waals surface area contributed by atoms with Crippen molar-refractivity contribution < 1.29 is 14.6 Å². The van der Waals surface area contributed by atoms with Crippen molar-refractivity contribution in [1.29, 1.82) is 0 Å². The molecular weight excluding hydrogens is 242 g/mol. The number of ether oxygens (including phenoxy) is 1. The first kappa shape index (κ1) is 13.9. The van der Waals surface area contributed by atoms with Crippen molar-refractivity contribution in [2.24, 2.45) is 5.41 Å². The molecule has 1 aliphatic rings. The third-order valence-corrected chi connectivity index (χ3v) is 3.64. The maximum absolute atomic E-state index is 11.4. The predicted octanol–water partition coefficient (Wildman–Crippen LogP) is 2.60. The Morgan fingerprint density at radius 3 is 2.26 bits per heavy atom. The van der Waals surface area contributed by atoms with E-state index >= 15 is 0 Å². The fourth-order valence-corrected chi connectivity index (χ4v) is 2.53. The molecule has 104 valence electrons. The SMILES string of the molecule is CNC(c1ccc(OC(C)C)cc1)C1(C(=O)O)CC1. The first-order valence-electron chi connectivity index (χ1n) is 6.67. The van der Waals surface area contributed by atoms with Gasteiger partial charge in [0.05, 0.1) is 11.5 Å². The van der Waals surface area contributed by atoms with E-state index in [4.69, 9.17) is 4.74 Å². The van der Waals surface area contributed by atoms with Crippen LogP contribution >= 0.6 is 0 Å². The maximum atomic E-state index is 11.4. The summed E-state index contributed by atoms with van der Waals surface area (Å²) in [6, 6.07) is 7.55. The van der Waals surface area contributed by atoms with Gasteiger partial charge in [-0.05, 0) is 51.4 Å². The van der Waals surface area contributed by atoms with Gasteiger partial charge in [-0.15, -0.1) is 0 Å². The van der Waals surface area contributed by atoms with E-state index in [0.29, 0.717) is 0 Å². The van der Waals surface area contributed by atoms with Gasteiger partial charge in [-0.3, -0.25) is 4.79 Å². The number of carbonyl (C=O) groups is 1. The Morgan fingerprint density at radius 1 is 1.32 bits per heavy atom. The normalized spacial score (nSPS) is 18.1. The second-order valence-corrected chi connectivity index (χ2v) is 5.42. The van der Waals surface area contributed by atoms with E-state index < -0.39 is 11.4 Å². The van der Waals surface area contributed by atoms with Crippen LogP contribution < -0.4 is 10.1 Å². The molecule has 1 aromatic carbocycles. The first-order valence-corrected chi connectivity index (χ1v) is 6.67. The Hall–Kier alpha value is -1.55. The lowest BCUT2D eigenvalue weighted by Crippen LogP contribution is -2.32. The first-order chi connectivity index (χ1) is 8.99. The zero-order valence-corrected chi connectivity index (χ0v) is 11.6. The molecule has 4 nitrogen and oxygen atoms in total. The minimum Gasteiger partial charge on any atom is -0.491 e. The van der Waals surface area contributed by atoms with Crippen LogP contribution in [0.2, 0.25) is 0 Å². The van der Waals surface area contributed by atoms with Crippen LogP contribution in [-0.2, 0) is 4.79 Å². The zero-order valence-electron chi connectivity index (χ0n) is 11.6. The summed E-state index contributed by atoms with van der Waals surface area (Å²) in [4.78, 5) is 11.4. The highest BCUT2D eigenvalue weighted by Crippen LogP contribution is 2.55. The number of rotatable bonds is 6. The van der Waals surface area contributed by atoms with E-state index in [2.05, 4.69) is 5.32 Å². The molecule has 4 heteroatoms. The molecule has 1 aliphatic carbocycles. The fraction of sp³-hybridized carbons (Fsp3) is 0.533. The van der Waals surface area contributed by atoms with Crippen LogP contribution in [0.3, 0.4) is 0 Å². The van der Waals surface area contributed by atoms with Gasteiger partial charge < -0.3 is 15.2 Å². The minimum atomic E-state index is -0.714. The van der Waals surface area contributed by atoms with Gasteiger partial charge in [0.15, 0.2) is 0 Å². The second kappa shape index (κ2) is 5.21. The summed E-state index contributed by atoms with van der Waals surface area (Å²) < 4.78 is 5.59. The third-order valence-electron chi connectivity index (χ3n) is 3.64. The van der Waals surface area contributed by atoms with E-state index in [1.165, 1.54) is 0 Å². The van der Waals surface area contributed by atoms with Crippen LogP contribution in [0.5, 0.6) is 5.75 Å². The molecule has 1 fully saturated rings. The monoisotopic (exact) mass is 263 g/mol. The van der Waals surface area contributed by atoms with Crippen LogP contribution in [0, 0.1) is 5.41 Å². The lowest BCUT2D eigenvalue weighted by atomic mass is 9.90. The molecule has 1 atom stereocenters. The molecule has 1 aromatic rings. The molecule has 0 aromatic heterocycles. The molecule has 19 heavy (non-hydrogen) atoms. The quantitative estimate of drug-likeness (QED) is 0.828. The van der Waals surface area contributed by atoms with Crippen molar-refractivity contribution in [3.63, 3.8) is 0 Å². The number of aliphatic carboxylic acids is 1. The average Bonchev–Trinajstić information content (AvgIpc) is 3.13. The van der Waals surface area contributed by atoms with Crippen LogP contribution in [0.25, 0.3) is 0 Å². The van der Waals surface area contributed by atoms with Crippen molar-refractivity contribution in [3.8, 4) is 5.75 Å². The highest BCUT2D eigenvalue weighted by Gasteiger charge is 2.56. The standard InChI is InChI=1S/C15H21NO3/c1-10(2)19-12-6-4-11(5-7-12)13(16-3)15(8-9-15)14(17)18/h4-7,10,13,16H,8-9H2,1-3H3,(H,17,18). The summed E-state index contributed by atoms with van der Waals surface area (Å²) in [5.74, 6) is 0.100. The number of benzene rings is 1. The Kier molecular flexibility index (Phi) is 3.80. The third kappa shape index (κ3) is 2.73. The minimum absolute atomic E-state index is 0.139. The number of nitrogens with one attached hydrogen (secondary N) is 1. The molecule has 0 amide bonds. The summed E-state index contributed by atoms with van der Waals surface area (Å²) in [6.07, 6.45) is 1.61. The molecule has 2 N–H and O–H groups in total. The Labute approximate surface area is 113 Å². The van der Waals surface area contributed by atoms with Gasteiger partial charge in [-0.2, -0.15) is 0 Å². The van der Waals surface area contributed by atoms with Crippen molar-refractivity contribution in [2.75, 3.05) is 7.05 Å². The second-order valence-electron chi connectivity index (χ2n) is 5.42. The number of carboxylic acid groups (broad SMARTS) is 1. The lowest BCUT2D eigenvalue weighted by Gasteiger charge is -2.24. The van der Waals surface area contributed by atoms with Gasteiger partial charge in [0.1, 0.15) is 5.75 Å². The largest absolute Gasteiger partial charge is 0.491 e. The van der Waals surface area contributed by atoms with Gasteiger partial charge in [0.25, 0.3) is 0 Å². The molecule has 0 saturated heterocycles. The summed E-state index contributed by atoms with van der Waals surface area (Å²) in [5, 5.41) is 12.5. The van der Waals surface area contributed by atoms with Crippen molar-refractivity contribution >= 4 is 5.97 Å². The van der Waals surface area contributed by atoms with Gasteiger partial charge in [-0.1, -0.05) is 12.1 Å². The van der Waals surface area contributed by atoms with Crippen molar-refractivity contribution in [3.05, 3.63) is 29.8 Å². The molecule has 0 radical (unpaired) electrons. The van der Waals surface area contributed by atoms with Crippen LogP contribution in [-0.4, -0.2) is 24.2 Å². The average molecular weight is 263 g/mol. The topological polar surface area (TPSA) is 58.6 Å². The van der Waals surface area contributed by atoms with E-state index in [1.807, 2.05) is 45.2 Å². The summed E-state index contributed by atoms with van der Waals surface area (Å²) in [7, 11) is 1.81. The van der Waals surface area contributed by atoms with E-state index in [0.717, 1.165) is 24.2 Å². The van der Waals surface area contributed by atoms with E-state index in [9.17, 15) is 9.90 Å². The Morgan fingerprint density at radius 2 is 1.89 bits per heavy atom. The van der Waals surface area contributed by atoms with Gasteiger partial charge >= 0.3 is 5.97 Å². The molecular formula is C15H21NO3. The van der Waals surface area contributed by atoms with Crippen molar-refractivity contribution in [2.45, 2.75) is 38.8 Å². The highest BCUT2D eigenvalue weighted by molar-refractivity contribution is 5.79. The summed E-state index contributed by atoms with van der Waals surface area (Å²) >= 11 is 0. The van der Waals surface area contributed by atoms with Crippen LogP contribution in [0.4, 0.5) is 0 Å². The predicted molar refractivity (Wildman–Crippen MR) is 73.3 cm³/mol. The van der Waals surface area contributed by atoms with Crippen molar-refractivity contribution in [1.82, 2.24) is 5.32 Å². The number of carboxylic acids is 1. The Balaban J connectivity index is 2.18. The lowest BCUT2D eigenvalue weighted by molar-refractivity contribution is -0.144. The number of hydrogen-bond donors (Lipinski definition) is 2. The number of hydrogen-bond acceptors (Lipinski definition) is 3. The summed E-state index contributed by atoms with van der Waals surface area (Å²) in [6.45, 7) is 3.96. The fourth-order valence-electron chi connectivity index (χ4n) is 2.53. The van der Waals surface area contributed by atoms with E-state index in [-0.39, 0.29) is 12.1 Å². The molecule has 0 heterocycles. The molecule has 0 spiro atoms. The highest BCUT2D eigenvalue weighted by atomic mass is 16.5. The zero-order chi connectivity index (χ0) is 14.0.